The first kappa shape index (κ1) is 12.1. The molecule has 3 N–H and O–H groups in total. The van der Waals surface area contributed by atoms with Crippen molar-refractivity contribution >= 4 is 5.91 Å². The number of hydrogen-bond donors (Lipinski definition) is 3. The number of carbonyl (C=O) groups excluding carboxylic acids is 1. The van der Waals surface area contributed by atoms with Gasteiger partial charge in [0.1, 0.15) is 0 Å². The molecule has 1 amide bonds. The maximum atomic E-state index is 11.9. The van der Waals surface area contributed by atoms with E-state index in [0.717, 1.165) is 24.4 Å². The summed E-state index contributed by atoms with van der Waals surface area (Å²) in [7, 11) is 0. The highest BCUT2D eigenvalue weighted by Crippen LogP contribution is 2.12. The van der Waals surface area contributed by atoms with Crippen molar-refractivity contribution < 1.29 is 4.79 Å². The number of nitrogens with one attached hydrogen (secondary N) is 3. The molecule has 1 aliphatic heterocycles. The van der Waals surface area contributed by atoms with Gasteiger partial charge in [0.15, 0.2) is 0 Å². The summed E-state index contributed by atoms with van der Waals surface area (Å²) in [5.41, 5.74) is 2.10. The van der Waals surface area contributed by atoms with Gasteiger partial charge in [0.25, 0.3) is 0 Å². The zero-order valence-electron chi connectivity index (χ0n) is 10.4. The molecule has 2 unspecified atom stereocenters. The molecule has 1 aromatic heterocycles. The molecular formula is C12H20N4O. The van der Waals surface area contributed by atoms with Gasteiger partial charge in [-0.3, -0.25) is 10.1 Å². The fraction of sp³-hybridized carbons (Fsp3) is 0.667. The molecule has 0 saturated heterocycles. The first-order valence-electron chi connectivity index (χ1n) is 6.23. The molecule has 2 rings (SSSR count). The summed E-state index contributed by atoms with van der Waals surface area (Å²) in [6.45, 7) is 5.71. The number of aromatic nitrogens is 2. The van der Waals surface area contributed by atoms with E-state index < -0.39 is 0 Å². The van der Waals surface area contributed by atoms with Crippen molar-refractivity contribution in [1.82, 2.24) is 20.6 Å². The lowest BCUT2D eigenvalue weighted by Crippen LogP contribution is -2.48. The number of amides is 1. The average molecular weight is 236 g/mol. The molecule has 0 aliphatic carbocycles. The van der Waals surface area contributed by atoms with Crippen molar-refractivity contribution in [2.75, 3.05) is 6.54 Å². The van der Waals surface area contributed by atoms with Crippen LogP contribution in [0.15, 0.2) is 6.33 Å². The summed E-state index contributed by atoms with van der Waals surface area (Å²) in [6, 6.07) is -0.144. The average Bonchev–Trinajstić information content (AvgIpc) is 2.82. The van der Waals surface area contributed by atoms with Gasteiger partial charge in [0, 0.05) is 19.5 Å². The van der Waals surface area contributed by atoms with E-state index in [1.54, 1.807) is 6.33 Å². The van der Waals surface area contributed by atoms with Crippen LogP contribution >= 0.6 is 0 Å². The molecule has 0 aromatic carbocycles. The molecule has 0 bridgehead atoms. The topological polar surface area (TPSA) is 69.8 Å². The predicted octanol–water partition coefficient (Wildman–Crippen LogP) is 0.586. The highest BCUT2D eigenvalue weighted by Gasteiger charge is 2.25. The summed E-state index contributed by atoms with van der Waals surface area (Å²) >= 11 is 0. The van der Waals surface area contributed by atoms with Crippen LogP contribution in [-0.4, -0.2) is 28.5 Å². The second-order valence-corrected chi connectivity index (χ2v) is 4.72. The van der Waals surface area contributed by atoms with Gasteiger partial charge >= 0.3 is 0 Å². The standard InChI is InChI=1S/C12H20N4O/c1-3-8(2)5-14-12(17)10-4-9-11(6-13-10)16-7-15-9/h7-8,10,13H,3-6H2,1-2H3,(H,14,17)(H,15,16). The van der Waals surface area contributed by atoms with Crippen LogP contribution in [0.25, 0.3) is 0 Å². The summed E-state index contributed by atoms with van der Waals surface area (Å²) in [4.78, 5) is 19.2. The highest BCUT2D eigenvalue weighted by molar-refractivity contribution is 5.82. The Balaban J connectivity index is 1.86. The fourth-order valence-electron chi connectivity index (χ4n) is 1.90. The second-order valence-electron chi connectivity index (χ2n) is 4.72. The van der Waals surface area contributed by atoms with Crippen LogP contribution in [0.5, 0.6) is 0 Å². The number of imidazole rings is 1. The summed E-state index contributed by atoms with van der Waals surface area (Å²) < 4.78 is 0. The molecule has 94 valence electrons. The van der Waals surface area contributed by atoms with E-state index >= 15 is 0 Å². The Hall–Kier alpha value is -1.36. The van der Waals surface area contributed by atoms with Crippen LogP contribution in [0.4, 0.5) is 0 Å². The fourth-order valence-corrected chi connectivity index (χ4v) is 1.90. The van der Waals surface area contributed by atoms with Gasteiger partial charge in [-0.05, 0) is 5.92 Å². The number of hydrogen-bond acceptors (Lipinski definition) is 3. The largest absolute Gasteiger partial charge is 0.354 e. The monoisotopic (exact) mass is 236 g/mol. The molecule has 5 nitrogen and oxygen atoms in total. The van der Waals surface area contributed by atoms with E-state index in [-0.39, 0.29) is 11.9 Å². The summed E-state index contributed by atoms with van der Waals surface area (Å²) in [5, 5.41) is 6.21. The molecule has 0 fully saturated rings. The lowest BCUT2D eigenvalue weighted by molar-refractivity contribution is -0.123. The van der Waals surface area contributed by atoms with Gasteiger partial charge in [-0.2, -0.15) is 0 Å². The molecule has 17 heavy (non-hydrogen) atoms. The van der Waals surface area contributed by atoms with Gasteiger partial charge in [0.05, 0.1) is 23.8 Å². The molecular weight excluding hydrogens is 216 g/mol. The van der Waals surface area contributed by atoms with E-state index in [0.29, 0.717) is 18.9 Å². The number of fused-ring (bicyclic) bond motifs is 1. The van der Waals surface area contributed by atoms with Crippen LogP contribution in [-0.2, 0) is 17.8 Å². The smallest absolute Gasteiger partial charge is 0.237 e. The third-order valence-electron chi connectivity index (χ3n) is 3.37. The van der Waals surface area contributed by atoms with Crippen molar-refractivity contribution in [2.24, 2.45) is 5.92 Å². The quantitative estimate of drug-likeness (QED) is 0.716. The first-order chi connectivity index (χ1) is 8.20. The number of carbonyl (C=O) groups is 1. The normalized spacial score (nSPS) is 20.7. The Morgan fingerprint density at radius 3 is 3.29 bits per heavy atom. The van der Waals surface area contributed by atoms with Crippen molar-refractivity contribution in [3.8, 4) is 0 Å². The van der Waals surface area contributed by atoms with Gasteiger partial charge in [-0.25, -0.2) is 4.98 Å². The Morgan fingerprint density at radius 2 is 2.53 bits per heavy atom. The molecule has 1 aromatic rings. The van der Waals surface area contributed by atoms with Crippen LogP contribution in [0.1, 0.15) is 31.7 Å². The Morgan fingerprint density at radius 1 is 1.71 bits per heavy atom. The van der Waals surface area contributed by atoms with E-state index in [1.165, 1.54) is 0 Å². The minimum Gasteiger partial charge on any atom is -0.354 e. The van der Waals surface area contributed by atoms with Crippen LogP contribution in [0.2, 0.25) is 0 Å². The number of aromatic amines is 1. The van der Waals surface area contributed by atoms with Gasteiger partial charge in [-0.1, -0.05) is 20.3 Å². The number of H-pyrrole nitrogens is 1. The third kappa shape index (κ3) is 2.85. The van der Waals surface area contributed by atoms with Crippen molar-refractivity contribution in [2.45, 2.75) is 39.3 Å². The minimum atomic E-state index is -0.144. The van der Waals surface area contributed by atoms with Crippen molar-refractivity contribution in [3.05, 3.63) is 17.7 Å². The molecule has 2 heterocycles. The second kappa shape index (κ2) is 5.31. The zero-order chi connectivity index (χ0) is 12.3. The molecule has 2 atom stereocenters. The lowest BCUT2D eigenvalue weighted by Gasteiger charge is -2.23. The lowest BCUT2D eigenvalue weighted by atomic mass is 10.0. The third-order valence-corrected chi connectivity index (χ3v) is 3.37. The van der Waals surface area contributed by atoms with E-state index in [2.05, 4.69) is 34.4 Å². The molecule has 1 aliphatic rings. The molecule has 0 saturated carbocycles. The molecule has 5 heteroatoms. The Bertz CT molecular complexity index is 388. The minimum absolute atomic E-state index is 0.0824. The zero-order valence-corrected chi connectivity index (χ0v) is 10.4. The van der Waals surface area contributed by atoms with Crippen LogP contribution < -0.4 is 10.6 Å². The Kier molecular flexibility index (Phi) is 3.78. The van der Waals surface area contributed by atoms with Crippen molar-refractivity contribution in [3.63, 3.8) is 0 Å². The van der Waals surface area contributed by atoms with Gasteiger partial charge in [-0.15, -0.1) is 0 Å². The number of nitrogens with zero attached hydrogens (tertiary/aromatic N) is 1. The van der Waals surface area contributed by atoms with Crippen molar-refractivity contribution in [1.29, 1.82) is 0 Å². The summed E-state index contributed by atoms with van der Waals surface area (Å²) in [6.07, 6.45) is 3.44. The van der Waals surface area contributed by atoms with Crippen LogP contribution in [0.3, 0.4) is 0 Å². The maximum Gasteiger partial charge on any atom is 0.237 e. The Labute approximate surface area is 101 Å². The van der Waals surface area contributed by atoms with Crippen LogP contribution in [0, 0.1) is 5.92 Å². The predicted molar refractivity (Wildman–Crippen MR) is 65.4 cm³/mol. The van der Waals surface area contributed by atoms with Gasteiger partial charge in [0.2, 0.25) is 5.91 Å². The molecule has 0 radical (unpaired) electrons. The summed E-state index contributed by atoms with van der Waals surface area (Å²) in [5.74, 6) is 0.613. The SMILES string of the molecule is CCC(C)CNC(=O)C1Cc2nc[nH]c2CN1. The van der Waals surface area contributed by atoms with E-state index in [9.17, 15) is 4.79 Å². The maximum absolute atomic E-state index is 11.9. The van der Waals surface area contributed by atoms with E-state index in [4.69, 9.17) is 0 Å². The van der Waals surface area contributed by atoms with Gasteiger partial charge < -0.3 is 10.3 Å². The number of rotatable bonds is 4. The molecule has 0 spiro atoms. The first-order valence-corrected chi connectivity index (χ1v) is 6.23. The highest BCUT2D eigenvalue weighted by atomic mass is 16.2. The van der Waals surface area contributed by atoms with E-state index in [1.807, 2.05) is 0 Å².